The van der Waals surface area contributed by atoms with Gasteiger partial charge in [0.1, 0.15) is 17.6 Å². The first-order valence-corrected chi connectivity index (χ1v) is 11.5. The molecule has 7 heteroatoms. The van der Waals surface area contributed by atoms with Crippen LogP contribution in [0.1, 0.15) is 52.7 Å². The molecule has 0 aromatic heterocycles. The van der Waals surface area contributed by atoms with E-state index in [4.69, 9.17) is 4.74 Å². The molecule has 1 N–H and O–H groups in total. The van der Waals surface area contributed by atoms with E-state index in [1.807, 2.05) is 32.0 Å². The Morgan fingerprint density at radius 1 is 1.12 bits per heavy atom. The molecule has 1 atom stereocenters. The Hall–Kier alpha value is -2.41. The smallest absolute Gasteiger partial charge is 0.261 e. The Kier molecular flexibility index (Phi) is 8.84. The summed E-state index contributed by atoms with van der Waals surface area (Å²) in [5.41, 5.74) is 1.44. The number of amides is 2. The summed E-state index contributed by atoms with van der Waals surface area (Å²) in [5, 5.41) is 2.81. The van der Waals surface area contributed by atoms with Crippen LogP contribution in [0, 0.1) is 5.82 Å². The summed E-state index contributed by atoms with van der Waals surface area (Å²) in [6, 6.07) is 11.1. The molecule has 5 nitrogen and oxygen atoms in total. The molecule has 0 unspecified atom stereocenters. The van der Waals surface area contributed by atoms with Crippen molar-refractivity contribution in [3.05, 3.63) is 63.9 Å². The zero-order chi connectivity index (χ0) is 24.1. The minimum atomic E-state index is -0.792. The Morgan fingerprint density at radius 2 is 1.78 bits per heavy atom. The summed E-state index contributed by atoms with van der Waals surface area (Å²) in [7, 11) is 0. The van der Waals surface area contributed by atoms with Crippen LogP contribution in [0.5, 0.6) is 5.75 Å². The van der Waals surface area contributed by atoms with Crippen molar-refractivity contribution in [3.63, 3.8) is 0 Å². The molecule has 0 saturated heterocycles. The first-order valence-electron chi connectivity index (χ1n) is 10.7. The highest BCUT2D eigenvalue weighted by atomic mass is 79.9. The zero-order valence-corrected chi connectivity index (χ0v) is 21.1. The number of benzene rings is 2. The van der Waals surface area contributed by atoms with Crippen molar-refractivity contribution in [1.82, 2.24) is 10.2 Å². The van der Waals surface area contributed by atoms with Crippen LogP contribution in [-0.4, -0.2) is 35.4 Å². The average Bonchev–Trinajstić information content (AvgIpc) is 2.70. The van der Waals surface area contributed by atoms with Crippen LogP contribution in [0.25, 0.3) is 0 Å². The minimum absolute atomic E-state index is 0.0212. The van der Waals surface area contributed by atoms with Gasteiger partial charge in [0.2, 0.25) is 5.91 Å². The van der Waals surface area contributed by atoms with E-state index in [-0.39, 0.29) is 30.5 Å². The van der Waals surface area contributed by atoms with Crippen molar-refractivity contribution in [3.8, 4) is 5.75 Å². The molecule has 2 aromatic carbocycles. The van der Waals surface area contributed by atoms with Gasteiger partial charge >= 0.3 is 0 Å². The molecule has 0 saturated carbocycles. The van der Waals surface area contributed by atoms with Crippen LogP contribution in [0.2, 0.25) is 0 Å². The lowest BCUT2D eigenvalue weighted by Crippen LogP contribution is -2.50. The van der Waals surface area contributed by atoms with Crippen LogP contribution in [-0.2, 0) is 21.5 Å². The van der Waals surface area contributed by atoms with Gasteiger partial charge in [0, 0.05) is 18.2 Å². The van der Waals surface area contributed by atoms with Gasteiger partial charge in [-0.25, -0.2) is 4.39 Å². The van der Waals surface area contributed by atoms with E-state index in [1.54, 1.807) is 25.1 Å². The van der Waals surface area contributed by atoms with Gasteiger partial charge in [-0.2, -0.15) is 0 Å². The fraction of sp³-hybridized carbons (Fsp3) is 0.440. The molecule has 0 spiro atoms. The van der Waals surface area contributed by atoms with Crippen molar-refractivity contribution in [2.45, 2.75) is 65.6 Å². The predicted molar refractivity (Wildman–Crippen MR) is 128 cm³/mol. The molecular formula is C25H32BrFN2O3. The van der Waals surface area contributed by atoms with Crippen LogP contribution in [0.4, 0.5) is 4.39 Å². The van der Waals surface area contributed by atoms with Crippen molar-refractivity contribution < 1.29 is 18.7 Å². The van der Waals surface area contributed by atoms with E-state index in [2.05, 4.69) is 42.0 Å². The van der Waals surface area contributed by atoms with Gasteiger partial charge in [-0.3, -0.25) is 9.59 Å². The standard InChI is InChI=1S/C25H32BrFN2O3/c1-16(2)28-24(31)17(3)29(14-18-9-7-8-10-21(18)27)23(30)15-32-22-12-11-19(13-20(22)26)25(4,5)6/h7-13,16-17H,14-15H2,1-6H3,(H,28,31)/t17-/m1/s1. The lowest BCUT2D eigenvalue weighted by molar-refractivity contribution is -0.142. The molecule has 0 aliphatic heterocycles. The van der Waals surface area contributed by atoms with Gasteiger partial charge in [0.15, 0.2) is 6.61 Å². The number of carbonyl (C=O) groups is 2. The Balaban J connectivity index is 2.20. The van der Waals surface area contributed by atoms with Crippen molar-refractivity contribution in [2.75, 3.05) is 6.61 Å². The minimum Gasteiger partial charge on any atom is -0.483 e. The summed E-state index contributed by atoms with van der Waals surface area (Å²) in [5.74, 6) is -0.619. The number of halogens is 2. The zero-order valence-electron chi connectivity index (χ0n) is 19.5. The molecule has 0 radical (unpaired) electrons. The second kappa shape index (κ2) is 10.9. The Morgan fingerprint density at radius 3 is 2.34 bits per heavy atom. The maximum absolute atomic E-state index is 14.2. The molecular weight excluding hydrogens is 475 g/mol. The molecule has 2 amide bonds. The average molecular weight is 507 g/mol. The Labute approximate surface area is 198 Å². The van der Waals surface area contributed by atoms with Crippen molar-refractivity contribution in [2.24, 2.45) is 0 Å². The number of hydrogen-bond acceptors (Lipinski definition) is 3. The third kappa shape index (κ3) is 7.05. The van der Waals surface area contributed by atoms with E-state index in [0.29, 0.717) is 11.3 Å². The number of ether oxygens (including phenoxy) is 1. The third-order valence-electron chi connectivity index (χ3n) is 5.05. The van der Waals surface area contributed by atoms with E-state index in [1.165, 1.54) is 11.0 Å². The Bertz CT molecular complexity index is 956. The van der Waals surface area contributed by atoms with Crippen LogP contribution >= 0.6 is 15.9 Å². The predicted octanol–water partition coefficient (Wildman–Crippen LogP) is 5.21. The first kappa shape index (κ1) is 25.8. The first-order chi connectivity index (χ1) is 14.9. The quantitative estimate of drug-likeness (QED) is 0.534. The van der Waals surface area contributed by atoms with E-state index in [0.717, 1.165) is 10.0 Å². The van der Waals surface area contributed by atoms with Gasteiger partial charge in [-0.15, -0.1) is 0 Å². The van der Waals surface area contributed by atoms with E-state index >= 15 is 0 Å². The lowest BCUT2D eigenvalue weighted by Gasteiger charge is -2.29. The number of rotatable bonds is 8. The highest BCUT2D eigenvalue weighted by Gasteiger charge is 2.28. The second-order valence-electron chi connectivity index (χ2n) is 9.14. The summed E-state index contributed by atoms with van der Waals surface area (Å²) < 4.78 is 20.8. The summed E-state index contributed by atoms with van der Waals surface area (Å²) in [4.78, 5) is 27.0. The number of nitrogens with zero attached hydrogens (tertiary/aromatic N) is 1. The molecule has 2 rings (SSSR count). The van der Waals surface area contributed by atoms with E-state index < -0.39 is 17.8 Å². The monoisotopic (exact) mass is 506 g/mol. The van der Waals surface area contributed by atoms with Crippen LogP contribution in [0.3, 0.4) is 0 Å². The van der Waals surface area contributed by atoms with Crippen molar-refractivity contribution >= 4 is 27.7 Å². The number of hydrogen-bond donors (Lipinski definition) is 1. The summed E-state index contributed by atoms with van der Waals surface area (Å²) >= 11 is 3.51. The molecule has 174 valence electrons. The number of nitrogens with one attached hydrogen (secondary N) is 1. The second-order valence-corrected chi connectivity index (χ2v) is 9.99. The van der Waals surface area contributed by atoms with Crippen LogP contribution < -0.4 is 10.1 Å². The topological polar surface area (TPSA) is 58.6 Å². The maximum Gasteiger partial charge on any atom is 0.261 e. The van der Waals surface area contributed by atoms with E-state index in [9.17, 15) is 14.0 Å². The highest BCUT2D eigenvalue weighted by molar-refractivity contribution is 9.10. The molecule has 0 heterocycles. The molecule has 0 fully saturated rings. The van der Waals surface area contributed by atoms with Gasteiger partial charge in [0.25, 0.3) is 5.91 Å². The van der Waals surface area contributed by atoms with Gasteiger partial charge in [0.05, 0.1) is 4.47 Å². The SMILES string of the molecule is CC(C)NC(=O)[C@@H](C)N(Cc1ccccc1F)C(=O)COc1ccc(C(C)(C)C)cc1Br. The molecule has 0 aliphatic rings. The summed E-state index contributed by atoms with van der Waals surface area (Å²) in [6.07, 6.45) is 0. The third-order valence-corrected chi connectivity index (χ3v) is 5.67. The lowest BCUT2D eigenvalue weighted by atomic mass is 9.87. The summed E-state index contributed by atoms with van der Waals surface area (Å²) in [6.45, 7) is 11.3. The molecule has 2 aromatic rings. The molecule has 0 bridgehead atoms. The van der Waals surface area contributed by atoms with Gasteiger partial charge < -0.3 is 15.0 Å². The van der Waals surface area contributed by atoms with Gasteiger partial charge in [-0.1, -0.05) is 45.0 Å². The highest BCUT2D eigenvalue weighted by Crippen LogP contribution is 2.31. The van der Waals surface area contributed by atoms with Crippen LogP contribution in [0.15, 0.2) is 46.9 Å². The van der Waals surface area contributed by atoms with Gasteiger partial charge in [-0.05, 0) is 65.9 Å². The largest absolute Gasteiger partial charge is 0.483 e. The number of carbonyl (C=O) groups excluding carboxylic acids is 2. The van der Waals surface area contributed by atoms with Crippen molar-refractivity contribution in [1.29, 1.82) is 0 Å². The fourth-order valence-electron chi connectivity index (χ4n) is 3.10. The normalized spacial score (nSPS) is 12.4. The fourth-order valence-corrected chi connectivity index (χ4v) is 3.60. The maximum atomic E-state index is 14.2. The molecule has 32 heavy (non-hydrogen) atoms. The molecule has 0 aliphatic carbocycles.